The number of oxazole rings is 1. The van der Waals surface area contributed by atoms with Crippen LogP contribution in [0.5, 0.6) is 17.2 Å². The molecule has 0 bridgehead atoms. The summed E-state index contributed by atoms with van der Waals surface area (Å²) in [5.74, 6) is 1.59. The van der Waals surface area contributed by atoms with Crippen LogP contribution in [0.1, 0.15) is 5.56 Å². The zero-order valence-corrected chi connectivity index (χ0v) is 17.1. The molecule has 4 rings (SSSR count). The van der Waals surface area contributed by atoms with E-state index in [0.29, 0.717) is 41.1 Å². The summed E-state index contributed by atoms with van der Waals surface area (Å²) in [5.41, 5.74) is 11.1. The third-order valence-electron chi connectivity index (χ3n) is 4.86. The molecule has 154 valence electrons. The molecular weight excluding hydrogens is 382 g/mol. The highest BCUT2D eigenvalue weighted by Gasteiger charge is 2.16. The van der Waals surface area contributed by atoms with Gasteiger partial charge in [-0.1, -0.05) is 36.4 Å². The van der Waals surface area contributed by atoms with E-state index in [9.17, 15) is 0 Å². The fourth-order valence-electron chi connectivity index (χ4n) is 3.45. The van der Waals surface area contributed by atoms with Crippen molar-refractivity contribution in [2.24, 2.45) is 5.73 Å². The Bertz CT molecular complexity index is 1160. The first-order valence-electron chi connectivity index (χ1n) is 9.43. The van der Waals surface area contributed by atoms with Gasteiger partial charge >= 0.3 is 0 Å². The van der Waals surface area contributed by atoms with E-state index in [0.717, 1.165) is 22.2 Å². The molecule has 3 aromatic carbocycles. The second kappa shape index (κ2) is 8.34. The number of hydrogen-bond acceptors (Lipinski definition) is 7. The average Bonchev–Trinajstić information content (AvgIpc) is 3.20. The van der Waals surface area contributed by atoms with Crippen molar-refractivity contribution < 1.29 is 18.6 Å². The molecule has 4 aromatic rings. The van der Waals surface area contributed by atoms with Gasteiger partial charge in [0.05, 0.1) is 21.3 Å². The highest BCUT2D eigenvalue weighted by Crippen LogP contribution is 2.41. The van der Waals surface area contributed by atoms with Crippen LogP contribution in [0.2, 0.25) is 0 Å². The van der Waals surface area contributed by atoms with Crippen LogP contribution in [0.25, 0.3) is 22.2 Å². The Kier molecular flexibility index (Phi) is 5.45. The normalized spacial score (nSPS) is 10.8. The van der Waals surface area contributed by atoms with E-state index < -0.39 is 0 Å². The first-order valence-corrected chi connectivity index (χ1v) is 9.43. The molecule has 7 heteroatoms. The van der Waals surface area contributed by atoms with Gasteiger partial charge in [0, 0.05) is 29.9 Å². The van der Waals surface area contributed by atoms with Crippen LogP contribution in [-0.4, -0.2) is 26.3 Å². The average molecular weight is 405 g/mol. The van der Waals surface area contributed by atoms with Gasteiger partial charge in [0.15, 0.2) is 17.1 Å². The zero-order valence-electron chi connectivity index (χ0n) is 17.1. The predicted molar refractivity (Wildman–Crippen MR) is 117 cm³/mol. The maximum Gasteiger partial charge on any atom is 0.300 e. The molecule has 0 saturated carbocycles. The van der Waals surface area contributed by atoms with Gasteiger partial charge in [-0.05, 0) is 17.2 Å². The third kappa shape index (κ3) is 3.51. The lowest BCUT2D eigenvalue weighted by atomic mass is 9.99. The minimum Gasteiger partial charge on any atom is -0.493 e. The van der Waals surface area contributed by atoms with Crippen LogP contribution in [0, 0.1) is 0 Å². The Balaban J connectivity index is 1.76. The summed E-state index contributed by atoms with van der Waals surface area (Å²) in [6, 6.07) is 17.8. The van der Waals surface area contributed by atoms with Crippen LogP contribution in [0.3, 0.4) is 0 Å². The SMILES string of the molecule is COc1cc(Nc2nc3cccc(-c4ccccc4CN)c3o2)cc(OC)c1OC. The van der Waals surface area contributed by atoms with E-state index in [1.807, 2.05) is 42.5 Å². The second-order valence-electron chi connectivity index (χ2n) is 6.57. The Morgan fingerprint density at radius 1 is 0.900 bits per heavy atom. The molecule has 30 heavy (non-hydrogen) atoms. The number of methoxy groups -OCH3 is 3. The number of ether oxygens (including phenoxy) is 3. The van der Waals surface area contributed by atoms with E-state index in [4.69, 9.17) is 24.4 Å². The van der Waals surface area contributed by atoms with Gasteiger partial charge < -0.3 is 29.7 Å². The monoisotopic (exact) mass is 405 g/mol. The van der Waals surface area contributed by atoms with E-state index in [1.165, 1.54) is 0 Å². The van der Waals surface area contributed by atoms with Gasteiger partial charge in [0.25, 0.3) is 6.01 Å². The van der Waals surface area contributed by atoms with Crippen molar-refractivity contribution >= 4 is 22.8 Å². The van der Waals surface area contributed by atoms with Crippen molar-refractivity contribution in [2.45, 2.75) is 6.54 Å². The van der Waals surface area contributed by atoms with Crippen molar-refractivity contribution in [3.63, 3.8) is 0 Å². The summed E-state index contributed by atoms with van der Waals surface area (Å²) in [6.45, 7) is 0.442. The van der Waals surface area contributed by atoms with Crippen LogP contribution >= 0.6 is 0 Å². The van der Waals surface area contributed by atoms with Gasteiger partial charge in [-0.2, -0.15) is 4.98 Å². The maximum absolute atomic E-state index is 6.08. The summed E-state index contributed by atoms with van der Waals surface area (Å²) < 4.78 is 22.3. The molecule has 0 saturated heterocycles. The van der Waals surface area contributed by atoms with Gasteiger partial charge in [-0.3, -0.25) is 0 Å². The number of hydrogen-bond donors (Lipinski definition) is 2. The number of rotatable bonds is 7. The molecule has 3 N–H and O–H groups in total. The van der Waals surface area contributed by atoms with Crippen LogP contribution < -0.4 is 25.3 Å². The molecule has 1 aromatic heterocycles. The molecule has 1 heterocycles. The summed E-state index contributed by atoms with van der Waals surface area (Å²) >= 11 is 0. The smallest absolute Gasteiger partial charge is 0.300 e. The molecular formula is C23H23N3O4. The lowest BCUT2D eigenvalue weighted by molar-refractivity contribution is 0.324. The van der Waals surface area contributed by atoms with Gasteiger partial charge in [0.1, 0.15) is 5.52 Å². The number of nitrogens with one attached hydrogen (secondary N) is 1. The molecule has 0 aliphatic carbocycles. The quantitative estimate of drug-likeness (QED) is 0.459. The highest BCUT2D eigenvalue weighted by molar-refractivity contribution is 5.92. The number of nitrogens with two attached hydrogens (primary N) is 1. The Hall–Kier alpha value is -3.71. The summed E-state index contributed by atoms with van der Waals surface area (Å²) in [6.07, 6.45) is 0. The van der Waals surface area contributed by atoms with Crippen LogP contribution in [-0.2, 0) is 6.54 Å². The van der Waals surface area contributed by atoms with Gasteiger partial charge in [0.2, 0.25) is 5.75 Å². The minimum atomic E-state index is 0.358. The maximum atomic E-state index is 6.08. The molecule has 0 radical (unpaired) electrons. The number of nitrogens with zero attached hydrogens (tertiary/aromatic N) is 1. The molecule has 0 unspecified atom stereocenters. The Labute approximate surface area is 174 Å². The van der Waals surface area contributed by atoms with Crippen molar-refractivity contribution in [2.75, 3.05) is 26.6 Å². The Morgan fingerprint density at radius 2 is 1.60 bits per heavy atom. The lowest BCUT2D eigenvalue weighted by Gasteiger charge is -2.14. The van der Waals surface area contributed by atoms with Gasteiger partial charge in [-0.25, -0.2) is 0 Å². The van der Waals surface area contributed by atoms with Crippen LogP contribution in [0.15, 0.2) is 59.0 Å². The van der Waals surface area contributed by atoms with E-state index in [-0.39, 0.29) is 0 Å². The van der Waals surface area contributed by atoms with Crippen molar-refractivity contribution in [3.05, 3.63) is 60.2 Å². The number of anilines is 2. The molecule has 0 amide bonds. The summed E-state index contributed by atoms with van der Waals surface area (Å²) in [4.78, 5) is 4.58. The molecule has 0 atom stereocenters. The molecule has 0 aliphatic heterocycles. The third-order valence-corrected chi connectivity index (χ3v) is 4.86. The first kappa shape index (κ1) is 19.6. The molecule has 0 spiro atoms. The zero-order chi connectivity index (χ0) is 21.1. The van der Waals surface area contributed by atoms with Gasteiger partial charge in [-0.15, -0.1) is 0 Å². The summed E-state index contributed by atoms with van der Waals surface area (Å²) in [5, 5.41) is 3.18. The Morgan fingerprint density at radius 3 is 2.27 bits per heavy atom. The molecule has 0 fully saturated rings. The highest BCUT2D eigenvalue weighted by atomic mass is 16.5. The van der Waals surface area contributed by atoms with Crippen molar-refractivity contribution in [1.82, 2.24) is 4.98 Å². The predicted octanol–water partition coefficient (Wildman–Crippen LogP) is 4.72. The van der Waals surface area contributed by atoms with E-state index in [2.05, 4.69) is 10.3 Å². The lowest BCUT2D eigenvalue weighted by Crippen LogP contribution is -1.98. The minimum absolute atomic E-state index is 0.358. The number of fused-ring (bicyclic) bond motifs is 1. The fourth-order valence-corrected chi connectivity index (χ4v) is 3.45. The first-order chi connectivity index (χ1) is 14.7. The number of aromatic nitrogens is 1. The molecule has 7 nitrogen and oxygen atoms in total. The molecule has 0 aliphatic rings. The van der Waals surface area contributed by atoms with Crippen molar-refractivity contribution in [1.29, 1.82) is 0 Å². The largest absolute Gasteiger partial charge is 0.493 e. The standard InChI is InChI=1S/C23H23N3O4/c1-27-19-11-15(12-20(28-2)22(19)29-3)25-23-26-18-10-6-9-17(21(18)30-23)16-8-5-4-7-14(16)13-24/h4-12H,13,24H2,1-3H3,(H,25,26). The topological polar surface area (TPSA) is 91.8 Å². The number of benzene rings is 3. The van der Waals surface area contributed by atoms with Crippen LogP contribution in [0.4, 0.5) is 11.7 Å². The fraction of sp³-hybridized carbons (Fsp3) is 0.174. The van der Waals surface area contributed by atoms with E-state index >= 15 is 0 Å². The second-order valence-corrected chi connectivity index (χ2v) is 6.57. The summed E-state index contributed by atoms with van der Waals surface area (Å²) in [7, 11) is 4.71. The van der Waals surface area contributed by atoms with Crippen molar-refractivity contribution in [3.8, 4) is 28.4 Å². The van der Waals surface area contributed by atoms with E-state index in [1.54, 1.807) is 33.5 Å². The number of para-hydroxylation sites is 1.